The topological polar surface area (TPSA) is 69.7 Å². The van der Waals surface area contributed by atoms with Gasteiger partial charge in [0.15, 0.2) is 0 Å². The second-order valence-corrected chi connectivity index (χ2v) is 9.42. The van der Waals surface area contributed by atoms with Crippen LogP contribution in [0.15, 0.2) is 0 Å². The Morgan fingerprint density at radius 2 is 1.70 bits per heavy atom. The van der Waals surface area contributed by atoms with Crippen molar-refractivity contribution in [2.75, 3.05) is 45.5 Å². The van der Waals surface area contributed by atoms with Gasteiger partial charge in [0, 0.05) is 45.2 Å². The van der Waals surface area contributed by atoms with Gasteiger partial charge in [0.2, 0.25) is 15.9 Å². The summed E-state index contributed by atoms with van der Waals surface area (Å²) >= 11 is 0. The highest BCUT2D eigenvalue weighted by Gasteiger charge is 2.29. The number of nitrogens with one attached hydrogen (secondary N) is 1. The first-order valence-corrected chi connectivity index (χ1v) is 10.6. The average molecular weight is 346 g/mol. The van der Waals surface area contributed by atoms with Crippen molar-refractivity contribution >= 4 is 15.9 Å². The van der Waals surface area contributed by atoms with Crippen molar-refractivity contribution in [3.05, 3.63) is 0 Å². The van der Waals surface area contributed by atoms with E-state index in [4.69, 9.17) is 0 Å². The van der Waals surface area contributed by atoms with Crippen LogP contribution in [0.5, 0.6) is 0 Å². The third-order valence-corrected chi connectivity index (χ3v) is 6.27. The minimum absolute atomic E-state index is 0.0489. The predicted octanol–water partition coefficient (Wildman–Crippen LogP) is 0.752. The maximum absolute atomic E-state index is 12.2. The number of sulfonamides is 1. The molecule has 0 aromatic heterocycles. The Balaban J connectivity index is 1.68. The number of carbonyl (C=O) groups is 1. The van der Waals surface area contributed by atoms with E-state index < -0.39 is 10.0 Å². The fourth-order valence-corrected chi connectivity index (χ4v) is 4.78. The molecule has 2 saturated heterocycles. The van der Waals surface area contributed by atoms with E-state index in [0.717, 1.165) is 31.5 Å². The molecular weight excluding hydrogens is 314 g/mol. The molecule has 7 heteroatoms. The lowest BCUT2D eigenvalue weighted by atomic mass is 9.92. The second kappa shape index (κ2) is 7.94. The summed E-state index contributed by atoms with van der Waals surface area (Å²) in [5, 5.41) is 3.03. The minimum Gasteiger partial charge on any atom is -0.355 e. The van der Waals surface area contributed by atoms with Crippen molar-refractivity contribution < 1.29 is 13.2 Å². The van der Waals surface area contributed by atoms with Gasteiger partial charge in [-0.3, -0.25) is 4.79 Å². The largest absolute Gasteiger partial charge is 0.355 e. The van der Waals surface area contributed by atoms with Gasteiger partial charge in [0.1, 0.15) is 0 Å². The molecule has 1 amide bonds. The van der Waals surface area contributed by atoms with Crippen molar-refractivity contribution in [1.82, 2.24) is 14.5 Å². The molecule has 134 valence electrons. The Kier molecular flexibility index (Phi) is 6.45. The number of piperidine rings is 2. The van der Waals surface area contributed by atoms with Gasteiger partial charge in [-0.05, 0) is 31.1 Å². The Labute approximate surface area is 140 Å². The first-order chi connectivity index (χ1) is 10.8. The molecule has 2 fully saturated rings. The van der Waals surface area contributed by atoms with Crippen molar-refractivity contribution in [2.45, 2.75) is 33.1 Å². The molecule has 1 N–H and O–H groups in total. The molecule has 0 bridgehead atoms. The second-order valence-electron chi connectivity index (χ2n) is 7.43. The standard InChI is InChI=1S/C16H31N3O3S/c1-13-10-14(2)12-18(11-13)9-6-17-16(20)15-4-7-19(8-5-15)23(3,21)22/h13-15H,4-12H2,1-3H3,(H,17,20)/t13-,14+. The van der Waals surface area contributed by atoms with Crippen LogP contribution in [0, 0.1) is 17.8 Å². The number of likely N-dealkylation sites (tertiary alicyclic amines) is 1. The van der Waals surface area contributed by atoms with Crippen molar-refractivity contribution in [2.24, 2.45) is 17.8 Å². The van der Waals surface area contributed by atoms with E-state index in [1.165, 1.54) is 17.0 Å². The minimum atomic E-state index is -3.12. The number of carbonyl (C=O) groups excluding carboxylic acids is 1. The molecule has 2 aliphatic heterocycles. The molecule has 2 heterocycles. The fourth-order valence-electron chi connectivity index (χ4n) is 3.91. The lowest BCUT2D eigenvalue weighted by Crippen LogP contribution is -2.45. The van der Waals surface area contributed by atoms with Crippen LogP contribution >= 0.6 is 0 Å². The van der Waals surface area contributed by atoms with Crippen molar-refractivity contribution in [3.63, 3.8) is 0 Å². The summed E-state index contributed by atoms with van der Waals surface area (Å²) in [7, 11) is -3.12. The molecule has 2 atom stereocenters. The Bertz CT molecular complexity index is 491. The van der Waals surface area contributed by atoms with Gasteiger partial charge in [-0.15, -0.1) is 0 Å². The van der Waals surface area contributed by atoms with Crippen LogP contribution in [0.1, 0.15) is 33.1 Å². The van der Waals surface area contributed by atoms with E-state index in [1.807, 2.05) is 0 Å². The predicted molar refractivity (Wildman–Crippen MR) is 91.5 cm³/mol. The number of rotatable bonds is 5. The van der Waals surface area contributed by atoms with Gasteiger partial charge in [-0.1, -0.05) is 13.8 Å². The zero-order chi connectivity index (χ0) is 17.0. The van der Waals surface area contributed by atoms with Crippen LogP contribution in [-0.2, 0) is 14.8 Å². The van der Waals surface area contributed by atoms with Gasteiger partial charge in [-0.2, -0.15) is 0 Å². The number of hydrogen-bond donors (Lipinski definition) is 1. The molecule has 2 rings (SSSR count). The number of nitrogens with zero attached hydrogens (tertiary/aromatic N) is 2. The highest BCUT2D eigenvalue weighted by Crippen LogP contribution is 2.21. The van der Waals surface area contributed by atoms with Gasteiger partial charge in [0.25, 0.3) is 0 Å². The summed E-state index contributed by atoms with van der Waals surface area (Å²) in [6.45, 7) is 9.32. The zero-order valence-electron chi connectivity index (χ0n) is 14.6. The molecule has 0 aromatic rings. The zero-order valence-corrected chi connectivity index (χ0v) is 15.4. The summed E-state index contributed by atoms with van der Waals surface area (Å²) in [4.78, 5) is 14.7. The quantitative estimate of drug-likeness (QED) is 0.798. The monoisotopic (exact) mass is 345 g/mol. The maximum Gasteiger partial charge on any atom is 0.223 e. The van der Waals surface area contributed by atoms with E-state index >= 15 is 0 Å². The molecule has 0 radical (unpaired) electrons. The van der Waals surface area contributed by atoms with Crippen LogP contribution < -0.4 is 5.32 Å². The normalized spacial score (nSPS) is 28.7. The van der Waals surface area contributed by atoms with Gasteiger partial charge < -0.3 is 10.2 Å². The smallest absolute Gasteiger partial charge is 0.223 e. The Hall–Kier alpha value is -0.660. The molecular formula is C16H31N3O3S. The van der Waals surface area contributed by atoms with Crippen LogP contribution in [0.2, 0.25) is 0 Å². The van der Waals surface area contributed by atoms with Crippen molar-refractivity contribution in [1.29, 1.82) is 0 Å². The highest BCUT2D eigenvalue weighted by atomic mass is 32.2. The molecule has 0 unspecified atom stereocenters. The SMILES string of the molecule is C[C@@H]1C[C@H](C)CN(CCNC(=O)C2CCN(S(C)(=O)=O)CC2)C1. The Morgan fingerprint density at radius 1 is 1.13 bits per heavy atom. The van der Waals surface area contributed by atoms with E-state index in [2.05, 4.69) is 24.1 Å². The third kappa shape index (κ3) is 5.72. The van der Waals surface area contributed by atoms with Gasteiger partial charge in [-0.25, -0.2) is 12.7 Å². The summed E-state index contributed by atoms with van der Waals surface area (Å²) in [5.41, 5.74) is 0. The highest BCUT2D eigenvalue weighted by molar-refractivity contribution is 7.88. The first-order valence-electron chi connectivity index (χ1n) is 8.71. The third-order valence-electron chi connectivity index (χ3n) is 4.97. The molecule has 0 saturated carbocycles. The fraction of sp³-hybridized carbons (Fsp3) is 0.938. The van der Waals surface area contributed by atoms with Crippen LogP contribution in [0.3, 0.4) is 0 Å². The van der Waals surface area contributed by atoms with Crippen LogP contribution in [-0.4, -0.2) is 69.1 Å². The van der Waals surface area contributed by atoms with E-state index in [1.54, 1.807) is 0 Å². The van der Waals surface area contributed by atoms with Gasteiger partial charge >= 0.3 is 0 Å². The average Bonchev–Trinajstić information content (AvgIpc) is 2.45. The molecule has 0 aliphatic carbocycles. The molecule has 6 nitrogen and oxygen atoms in total. The summed E-state index contributed by atoms with van der Waals surface area (Å²) < 4.78 is 24.4. The lowest BCUT2D eigenvalue weighted by Gasteiger charge is -2.35. The van der Waals surface area contributed by atoms with Crippen molar-refractivity contribution in [3.8, 4) is 0 Å². The first kappa shape index (κ1) is 18.7. The van der Waals surface area contributed by atoms with Gasteiger partial charge in [0.05, 0.1) is 6.26 Å². The van der Waals surface area contributed by atoms with Crippen LogP contribution in [0.4, 0.5) is 0 Å². The Morgan fingerprint density at radius 3 is 2.22 bits per heavy atom. The summed E-state index contributed by atoms with van der Waals surface area (Å²) in [5.74, 6) is 1.49. The lowest BCUT2D eigenvalue weighted by molar-refractivity contribution is -0.126. The van der Waals surface area contributed by atoms with E-state index in [9.17, 15) is 13.2 Å². The number of hydrogen-bond acceptors (Lipinski definition) is 4. The number of amides is 1. The maximum atomic E-state index is 12.2. The molecule has 0 spiro atoms. The van der Waals surface area contributed by atoms with E-state index in [-0.39, 0.29) is 11.8 Å². The summed E-state index contributed by atoms with van der Waals surface area (Å²) in [6.07, 6.45) is 3.77. The molecule has 2 aliphatic rings. The molecule has 23 heavy (non-hydrogen) atoms. The van der Waals surface area contributed by atoms with E-state index in [0.29, 0.717) is 32.5 Å². The summed E-state index contributed by atoms with van der Waals surface area (Å²) in [6, 6.07) is 0. The van der Waals surface area contributed by atoms with Crippen LogP contribution in [0.25, 0.3) is 0 Å². The molecule has 0 aromatic carbocycles.